The standard InChI is InChI=1S/C12H15F2N5/c1-15-11-9(13)5-10(14)12(18-11)16-4-3-8-6-17-19(2)7-8/h5-7H,3-4H2,1-2H3,(H2,15,16,18). The first-order chi connectivity index (χ1) is 9.10. The Morgan fingerprint density at radius 2 is 2.00 bits per heavy atom. The molecule has 0 atom stereocenters. The largest absolute Gasteiger partial charge is 0.371 e. The lowest BCUT2D eigenvalue weighted by Gasteiger charge is -2.08. The van der Waals surface area contributed by atoms with Crippen LogP contribution in [0.5, 0.6) is 0 Å². The van der Waals surface area contributed by atoms with Gasteiger partial charge >= 0.3 is 0 Å². The van der Waals surface area contributed by atoms with E-state index < -0.39 is 11.6 Å². The maximum atomic E-state index is 13.5. The topological polar surface area (TPSA) is 54.8 Å². The quantitative estimate of drug-likeness (QED) is 0.867. The Morgan fingerprint density at radius 3 is 2.63 bits per heavy atom. The molecule has 2 rings (SSSR count). The van der Waals surface area contributed by atoms with Gasteiger partial charge in [-0.2, -0.15) is 5.10 Å². The van der Waals surface area contributed by atoms with Crippen molar-refractivity contribution in [2.45, 2.75) is 6.42 Å². The van der Waals surface area contributed by atoms with Crippen LogP contribution >= 0.6 is 0 Å². The zero-order valence-corrected chi connectivity index (χ0v) is 10.7. The summed E-state index contributed by atoms with van der Waals surface area (Å²) in [5.74, 6) is -1.36. The van der Waals surface area contributed by atoms with Crippen LogP contribution in [-0.2, 0) is 13.5 Å². The molecule has 2 N–H and O–H groups in total. The Labute approximate surface area is 109 Å². The van der Waals surface area contributed by atoms with Gasteiger partial charge in [0.05, 0.1) is 6.20 Å². The number of anilines is 2. The molecule has 2 heterocycles. The van der Waals surface area contributed by atoms with Crippen molar-refractivity contribution in [3.05, 3.63) is 35.7 Å². The molecule has 0 unspecified atom stereocenters. The first-order valence-corrected chi connectivity index (χ1v) is 5.85. The van der Waals surface area contributed by atoms with Crippen molar-refractivity contribution in [2.75, 3.05) is 24.2 Å². The van der Waals surface area contributed by atoms with E-state index in [-0.39, 0.29) is 11.6 Å². The molecule has 7 heteroatoms. The predicted octanol–water partition coefficient (Wildman–Crippen LogP) is 1.79. The van der Waals surface area contributed by atoms with Gasteiger partial charge in [0.25, 0.3) is 0 Å². The number of aryl methyl sites for hydroxylation is 1. The fourth-order valence-corrected chi connectivity index (χ4v) is 1.69. The van der Waals surface area contributed by atoms with Crippen molar-refractivity contribution in [2.24, 2.45) is 7.05 Å². The summed E-state index contributed by atoms with van der Waals surface area (Å²) in [5, 5.41) is 9.45. The average Bonchev–Trinajstić information content (AvgIpc) is 2.78. The third-order valence-electron chi connectivity index (χ3n) is 2.63. The summed E-state index contributed by atoms with van der Waals surface area (Å²) in [7, 11) is 3.36. The van der Waals surface area contributed by atoms with Gasteiger partial charge in [0.15, 0.2) is 23.3 Å². The Bertz CT molecular complexity index is 567. The molecule has 0 bridgehead atoms. The van der Waals surface area contributed by atoms with E-state index in [0.29, 0.717) is 13.0 Å². The second-order valence-electron chi connectivity index (χ2n) is 4.10. The SMILES string of the molecule is CNc1nc(NCCc2cnn(C)c2)c(F)cc1F. The molecule has 0 aliphatic carbocycles. The van der Waals surface area contributed by atoms with Gasteiger partial charge in [-0.25, -0.2) is 13.8 Å². The molecular weight excluding hydrogens is 252 g/mol. The van der Waals surface area contributed by atoms with Crippen molar-refractivity contribution in [3.63, 3.8) is 0 Å². The lowest BCUT2D eigenvalue weighted by molar-refractivity contribution is 0.578. The van der Waals surface area contributed by atoms with E-state index in [0.717, 1.165) is 11.6 Å². The summed E-state index contributed by atoms with van der Waals surface area (Å²) >= 11 is 0. The minimum Gasteiger partial charge on any atom is -0.371 e. The number of hydrogen-bond donors (Lipinski definition) is 2. The number of halogens is 2. The van der Waals surface area contributed by atoms with E-state index in [4.69, 9.17) is 0 Å². The highest BCUT2D eigenvalue weighted by Crippen LogP contribution is 2.18. The molecule has 0 spiro atoms. The number of hydrogen-bond acceptors (Lipinski definition) is 4. The molecule has 0 amide bonds. The normalized spacial score (nSPS) is 10.5. The van der Waals surface area contributed by atoms with E-state index in [2.05, 4.69) is 20.7 Å². The monoisotopic (exact) mass is 267 g/mol. The highest BCUT2D eigenvalue weighted by atomic mass is 19.1. The van der Waals surface area contributed by atoms with Crippen LogP contribution in [0.25, 0.3) is 0 Å². The molecule has 2 aromatic heterocycles. The Morgan fingerprint density at radius 1 is 1.26 bits per heavy atom. The summed E-state index contributed by atoms with van der Waals surface area (Å²) < 4.78 is 28.4. The van der Waals surface area contributed by atoms with Crippen LogP contribution in [0.2, 0.25) is 0 Å². The highest BCUT2D eigenvalue weighted by Gasteiger charge is 2.10. The van der Waals surface area contributed by atoms with Crippen LogP contribution in [0.3, 0.4) is 0 Å². The van der Waals surface area contributed by atoms with Gasteiger partial charge in [-0.3, -0.25) is 4.68 Å². The molecule has 19 heavy (non-hydrogen) atoms. The lowest BCUT2D eigenvalue weighted by atomic mass is 10.2. The second-order valence-corrected chi connectivity index (χ2v) is 4.10. The summed E-state index contributed by atoms with van der Waals surface area (Å²) in [6.07, 6.45) is 4.31. The zero-order chi connectivity index (χ0) is 13.8. The Hall–Kier alpha value is -2.18. The highest BCUT2D eigenvalue weighted by molar-refractivity contribution is 5.47. The fourth-order valence-electron chi connectivity index (χ4n) is 1.69. The maximum absolute atomic E-state index is 13.5. The molecule has 5 nitrogen and oxygen atoms in total. The molecule has 0 aliphatic rings. The van der Waals surface area contributed by atoms with E-state index in [9.17, 15) is 8.78 Å². The average molecular weight is 267 g/mol. The summed E-state index contributed by atoms with van der Waals surface area (Å²) in [4.78, 5) is 3.83. The number of rotatable bonds is 5. The van der Waals surface area contributed by atoms with Gasteiger partial charge in [-0.15, -0.1) is 0 Å². The number of nitrogens with one attached hydrogen (secondary N) is 2. The van der Waals surface area contributed by atoms with Gasteiger partial charge in [0.1, 0.15) is 0 Å². The fraction of sp³-hybridized carbons (Fsp3) is 0.333. The summed E-state index contributed by atoms with van der Waals surface area (Å²) in [5.41, 5.74) is 1.03. The lowest BCUT2D eigenvalue weighted by Crippen LogP contribution is -2.10. The maximum Gasteiger partial charge on any atom is 0.168 e. The smallest absolute Gasteiger partial charge is 0.168 e. The van der Waals surface area contributed by atoms with Crippen LogP contribution in [0, 0.1) is 11.6 Å². The number of pyridine rings is 1. The molecule has 0 aliphatic heterocycles. The van der Waals surface area contributed by atoms with Crippen molar-refractivity contribution in [3.8, 4) is 0 Å². The second kappa shape index (κ2) is 5.64. The van der Waals surface area contributed by atoms with E-state index in [1.807, 2.05) is 13.2 Å². The van der Waals surface area contributed by atoms with Crippen LogP contribution < -0.4 is 10.6 Å². The molecule has 0 radical (unpaired) electrons. The first kappa shape index (κ1) is 13.3. The van der Waals surface area contributed by atoms with Crippen molar-refractivity contribution in [1.82, 2.24) is 14.8 Å². The molecule has 0 aromatic carbocycles. The number of aromatic nitrogens is 3. The summed E-state index contributed by atoms with van der Waals surface area (Å²) in [6, 6.07) is 0.811. The molecule has 0 fully saturated rings. The minimum absolute atomic E-state index is 0.0188. The summed E-state index contributed by atoms with van der Waals surface area (Å²) in [6.45, 7) is 0.490. The molecule has 0 saturated heterocycles. The van der Waals surface area contributed by atoms with Crippen LogP contribution in [-0.4, -0.2) is 28.4 Å². The zero-order valence-electron chi connectivity index (χ0n) is 10.7. The third kappa shape index (κ3) is 3.18. The van der Waals surface area contributed by atoms with E-state index in [1.54, 1.807) is 10.9 Å². The molecule has 2 aromatic rings. The first-order valence-electron chi connectivity index (χ1n) is 5.85. The predicted molar refractivity (Wildman–Crippen MR) is 69.1 cm³/mol. The third-order valence-corrected chi connectivity index (χ3v) is 2.63. The van der Waals surface area contributed by atoms with Crippen molar-refractivity contribution < 1.29 is 8.78 Å². The molecule has 0 saturated carbocycles. The Kier molecular flexibility index (Phi) is 3.94. The van der Waals surface area contributed by atoms with Crippen LogP contribution in [0.15, 0.2) is 18.5 Å². The van der Waals surface area contributed by atoms with Gasteiger partial charge in [-0.1, -0.05) is 0 Å². The van der Waals surface area contributed by atoms with Crippen molar-refractivity contribution >= 4 is 11.6 Å². The van der Waals surface area contributed by atoms with Gasteiger partial charge in [0, 0.05) is 32.9 Å². The van der Waals surface area contributed by atoms with Gasteiger partial charge in [0.2, 0.25) is 0 Å². The molecular formula is C12H15F2N5. The molecule has 102 valence electrons. The Balaban J connectivity index is 1.99. The number of nitrogens with zero attached hydrogens (tertiary/aromatic N) is 3. The van der Waals surface area contributed by atoms with Gasteiger partial charge < -0.3 is 10.6 Å². The van der Waals surface area contributed by atoms with Crippen LogP contribution in [0.4, 0.5) is 20.4 Å². The van der Waals surface area contributed by atoms with E-state index in [1.165, 1.54) is 7.05 Å². The minimum atomic E-state index is -0.710. The van der Waals surface area contributed by atoms with Crippen LogP contribution in [0.1, 0.15) is 5.56 Å². The van der Waals surface area contributed by atoms with Crippen molar-refractivity contribution in [1.29, 1.82) is 0 Å². The van der Waals surface area contributed by atoms with E-state index >= 15 is 0 Å². The van der Waals surface area contributed by atoms with Gasteiger partial charge in [-0.05, 0) is 12.0 Å².